The average Bonchev–Trinajstić information content (AvgIpc) is 2.97. The lowest BCUT2D eigenvalue weighted by molar-refractivity contribution is 0.0683. The molecule has 0 spiro atoms. The van der Waals surface area contributed by atoms with Crippen LogP contribution in [-0.2, 0) is 13.0 Å². The maximum Gasteiger partial charge on any atom is 0.343 e. The van der Waals surface area contributed by atoms with Crippen LogP contribution >= 0.6 is 0 Å². The Morgan fingerprint density at radius 1 is 0.600 bits per heavy atom. The van der Waals surface area contributed by atoms with Crippen molar-refractivity contribution in [1.29, 1.82) is 0 Å². The molecule has 5 aromatic rings. The Labute approximate surface area is 234 Å². The number of fused-ring (bicyclic) bond motifs is 1. The number of esters is 2. The van der Waals surface area contributed by atoms with E-state index in [0.717, 1.165) is 47.0 Å². The van der Waals surface area contributed by atoms with Crippen LogP contribution in [0.2, 0.25) is 0 Å². The third-order valence-electron chi connectivity index (χ3n) is 6.71. The number of hydrogen-bond acceptors (Lipinski definition) is 5. The predicted octanol–water partition coefficient (Wildman–Crippen LogP) is 7.23. The fraction of sp³-hybridized carbons (Fsp3) is 0.143. The Bertz CT molecular complexity index is 1630. The molecule has 1 N–H and O–H groups in total. The van der Waals surface area contributed by atoms with Gasteiger partial charge in [-0.1, -0.05) is 83.9 Å². The van der Waals surface area contributed by atoms with Crippen molar-refractivity contribution in [2.75, 3.05) is 6.54 Å². The minimum atomic E-state index is -0.520. The largest absolute Gasteiger partial charge is 0.419 e. The van der Waals surface area contributed by atoms with Gasteiger partial charge in [0.15, 0.2) is 11.5 Å². The number of aryl methyl sites for hydroxylation is 2. The fourth-order valence-electron chi connectivity index (χ4n) is 4.38. The molecule has 0 aliphatic heterocycles. The normalized spacial score (nSPS) is 10.8. The first kappa shape index (κ1) is 26.9. The molecule has 0 aliphatic carbocycles. The van der Waals surface area contributed by atoms with Gasteiger partial charge in [-0.25, -0.2) is 9.59 Å². The van der Waals surface area contributed by atoms with Gasteiger partial charge in [-0.2, -0.15) is 0 Å². The minimum Gasteiger partial charge on any atom is -0.419 e. The first-order valence-corrected chi connectivity index (χ1v) is 13.3. The maximum absolute atomic E-state index is 13.0. The molecule has 0 atom stereocenters. The first-order valence-electron chi connectivity index (χ1n) is 13.3. The molecular weight excluding hydrogens is 498 g/mol. The fourth-order valence-corrected chi connectivity index (χ4v) is 4.38. The van der Waals surface area contributed by atoms with Gasteiger partial charge in [0.25, 0.3) is 0 Å². The van der Waals surface area contributed by atoms with Gasteiger partial charge >= 0.3 is 11.9 Å². The van der Waals surface area contributed by atoms with E-state index in [0.29, 0.717) is 11.1 Å². The van der Waals surface area contributed by atoms with Gasteiger partial charge in [-0.3, -0.25) is 0 Å². The SMILES string of the molecule is Cc1ccc(C(=O)Oc2cc3ccc(CCNCc4ccccc4)cc3cc2OC(=O)c2ccc(C)cc2)cc1. The Morgan fingerprint density at radius 2 is 1.15 bits per heavy atom. The van der Waals surface area contributed by atoms with E-state index in [2.05, 4.69) is 29.6 Å². The smallest absolute Gasteiger partial charge is 0.343 e. The molecule has 0 saturated heterocycles. The Balaban J connectivity index is 1.38. The molecule has 0 saturated carbocycles. The number of rotatable bonds is 9. The number of carbonyl (C=O) groups is 2. The number of nitrogens with one attached hydrogen (secondary N) is 1. The van der Waals surface area contributed by atoms with Crippen molar-refractivity contribution in [2.45, 2.75) is 26.8 Å². The lowest BCUT2D eigenvalue weighted by Crippen LogP contribution is -2.16. The van der Waals surface area contributed by atoms with Gasteiger partial charge in [-0.05, 0) is 85.1 Å². The van der Waals surface area contributed by atoms with Crippen LogP contribution in [0.3, 0.4) is 0 Å². The van der Waals surface area contributed by atoms with Crippen molar-refractivity contribution in [1.82, 2.24) is 5.32 Å². The van der Waals surface area contributed by atoms with Crippen LogP contribution in [0.4, 0.5) is 0 Å². The summed E-state index contributed by atoms with van der Waals surface area (Å²) in [6.07, 6.45) is 0.839. The van der Waals surface area contributed by atoms with Crippen LogP contribution in [0.5, 0.6) is 11.5 Å². The van der Waals surface area contributed by atoms with E-state index >= 15 is 0 Å². The van der Waals surface area contributed by atoms with Crippen molar-refractivity contribution in [2.24, 2.45) is 0 Å². The highest BCUT2D eigenvalue weighted by Gasteiger charge is 2.18. The van der Waals surface area contributed by atoms with Crippen LogP contribution in [0.25, 0.3) is 10.8 Å². The standard InChI is InChI=1S/C35H31NO4/c1-24-8-13-28(14-9-24)34(37)39-32-21-30-17-12-26(18-19-36-23-27-6-4-3-5-7-27)20-31(30)22-33(32)40-35(38)29-15-10-25(2)11-16-29/h3-17,20-22,36H,18-19,23H2,1-2H3. The predicted molar refractivity (Wildman–Crippen MR) is 158 cm³/mol. The highest BCUT2D eigenvalue weighted by Crippen LogP contribution is 2.34. The molecule has 0 fully saturated rings. The van der Waals surface area contributed by atoms with Gasteiger partial charge in [0.1, 0.15) is 0 Å². The third-order valence-corrected chi connectivity index (χ3v) is 6.71. The summed E-state index contributed by atoms with van der Waals surface area (Å²) in [5.41, 5.74) is 5.31. The molecule has 0 heterocycles. The molecule has 0 aromatic heterocycles. The van der Waals surface area contributed by atoms with Gasteiger partial charge in [0.2, 0.25) is 0 Å². The quantitative estimate of drug-likeness (QED) is 0.124. The van der Waals surface area contributed by atoms with E-state index in [9.17, 15) is 9.59 Å². The van der Waals surface area contributed by atoms with Crippen LogP contribution in [0.1, 0.15) is 43.0 Å². The lowest BCUT2D eigenvalue weighted by Gasteiger charge is -2.13. The summed E-state index contributed by atoms with van der Waals surface area (Å²) >= 11 is 0. The molecule has 0 aliphatic rings. The molecule has 5 nitrogen and oxygen atoms in total. The highest BCUT2D eigenvalue weighted by atomic mass is 16.6. The Hall–Kier alpha value is -4.74. The van der Waals surface area contributed by atoms with Gasteiger partial charge in [-0.15, -0.1) is 0 Å². The second-order valence-electron chi connectivity index (χ2n) is 9.90. The zero-order valence-electron chi connectivity index (χ0n) is 22.6. The van der Waals surface area contributed by atoms with E-state index < -0.39 is 11.9 Å². The van der Waals surface area contributed by atoms with E-state index in [4.69, 9.17) is 9.47 Å². The van der Waals surface area contributed by atoms with Crippen LogP contribution in [-0.4, -0.2) is 18.5 Å². The third kappa shape index (κ3) is 6.82. The van der Waals surface area contributed by atoms with Crippen LogP contribution < -0.4 is 14.8 Å². The van der Waals surface area contributed by atoms with Crippen molar-refractivity contribution in [3.05, 3.63) is 143 Å². The van der Waals surface area contributed by atoms with Gasteiger partial charge in [0, 0.05) is 6.54 Å². The molecule has 200 valence electrons. The number of benzene rings is 5. The van der Waals surface area contributed by atoms with Crippen molar-refractivity contribution < 1.29 is 19.1 Å². The summed E-state index contributed by atoms with van der Waals surface area (Å²) in [5.74, 6) is -0.657. The Morgan fingerprint density at radius 3 is 1.73 bits per heavy atom. The molecule has 5 heteroatoms. The monoisotopic (exact) mass is 529 g/mol. The summed E-state index contributed by atoms with van der Waals surface area (Å²) < 4.78 is 11.6. The molecule has 5 rings (SSSR count). The molecule has 5 aromatic carbocycles. The Kier molecular flexibility index (Phi) is 8.33. The summed E-state index contributed by atoms with van der Waals surface area (Å²) in [5, 5.41) is 5.25. The molecule has 40 heavy (non-hydrogen) atoms. The zero-order chi connectivity index (χ0) is 27.9. The summed E-state index contributed by atoms with van der Waals surface area (Å²) in [4.78, 5) is 25.9. The molecule has 0 amide bonds. The molecule has 0 radical (unpaired) electrons. The summed E-state index contributed by atoms with van der Waals surface area (Å²) in [7, 11) is 0. The highest BCUT2D eigenvalue weighted by molar-refractivity contribution is 5.95. The van der Waals surface area contributed by atoms with Crippen LogP contribution in [0.15, 0.2) is 109 Å². The summed E-state index contributed by atoms with van der Waals surface area (Å²) in [6, 6.07) is 34.2. The van der Waals surface area contributed by atoms with E-state index in [1.807, 2.05) is 62.4 Å². The molecule has 0 bridgehead atoms. The molecular formula is C35H31NO4. The van der Waals surface area contributed by atoms with Crippen molar-refractivity contribution in [3.63, 3.8) is 0 Å². The first-order chi connectivity index (χ1) is 19.4. The van der Waals surface area contributed by atoms with E-state index in [1.54, 1.807) is 36.4 Å². The van der Waals surface area contributed by atoms with Crippen molar-refractivity contribution >= 4 is 22.7 Å². The zero-order valence-corrected chi connectivity index (χ0v) is 22.6. The minimum absolute atomic E-state index is 0.191. The summed E-state index contributed by atoms with van der Waals surface area (Å²) in [6.45, 7) is 5.54. The second kappa shape index (κ2) is 12.4. The maximum atomic E-state index is 13.0. The van der Waals surface area contributed by atoms with Crippen LogP contribution in [0, 0.1) is 13.8 Å². The van der Waals surface area contributed by atoms with Gasteiger partial charge in [0.05, 0.1) is 11.1 Å². The van der Waals surface area contributed by atoms with E-state index in [1.165, 1.54) is 5.56 Å². The number of carbonyl (C=O) groups excluding carboxylic acids is 2. The van der Waals surface area contributed by atoms with Crippen molar-refractivity contribution in [3.8, 4) is 11.5 Å². The van der Waals surface area contributed by atoms with E-state index in [-0.39, 0.29) is 11.5 Å². The topological polar surface area (TPSA) is 64.6 Å². The van der Waals surface area contributed by atoms with Gasteiger partial charge < -0.3 is 14.8 Å². The second-order valence-corrected chi connectivity index (χ2v) is 9.90. The average molecular weight is 530 g/mol. The number of hydrogen-bond donors (Lipinski definition) is 1. The lowest BCUT2D eigenvalue weighted by atomic mass is 10.0. The number of ether oxygens (including phenoxy) is 2. The molecule has 0 unspecified atom stereocenters.